The SMILES string of the molecule is CC(=O)OC1CCC2(C)C(=CCC3C2CCC2(C)C(=O)CCC32O)C1. The van der Waals surface area contributed by atoms with E-state index in [4.69, 9.17) is 4.74 Å². The predicted octanol–water partition coefficient (Wildman–Crippen LogP) is 3.56. The summed E-state index contributed by atoms with van der Waals surface area (Å²) in [5, 5.41) is 11.6. The third-order valence-electron chi connectivity index (χ3n) is 8.29. The Hall–Kier alpha value is -1.16. The average Bonchev–Trinajstić information content (AvgIpc) is 2.79. The third kappa shape index (κ3) is 2.22. The monoisotopic (exact) mass is 346 g/mol. The molecule has 4 rings (SSSR count). The number of hydrogen-bond acceptors (Lipinski definition) is 4. The van der Waals surface area contributed by atoms with Crippen molar-refractivity contribution < 1.29 is 19.4 Å². The van der Waals surface area contributed by atoms with Gasteiger partial charge in [0.25, 0.3) is 0 Å². The van der Waals surface area contributed by atoms with Crippen molar-refractivity contribution in [2.24, 2.45) is 22.7 Å². The molecule has 0 heterocycles. The molecule has 3 saturated carbocycles. The van der Waals surface area contributed by atoms with Crippen LogP contribution in [0.1, 0.15) is 72.1 Å². The maximum Gasteiger partial charge on any atom is 0.302 e. The summed E-state index contributed by atoms with van der Waals surface area (Å²) in [6.45, 7) is 5.81. The van der Waals surface area contributed by atoms with Crippen LogP contribution in [0.2, 0.25) is 0 Å². The summed E-state index contributed by atoms with van der Waals surface area (Å²) in [5.41, 5.74) is 0.0838. The fraction of sp³-hybridized carbons (Fsp3) is 0.810. The molecule has 4 heteroatoms. The molecule has 0 aromatic heterocycles. The summed E-state index contributed by atoms with van der Waals surface area (Å²) < 4.78 is 5.47. The summed E-state index contributed by atoms with van der Waals surface area (Å²) in [7, 11) is 0. The Morgan fingerprint density at radius 2 is 1.96 bits per heavy atom. The molecule has 0 saturated heterocycles. The van der Waals surface area contributed by atoms with Gasteiger partial charge in [0.2, 0.25) is 0 Å². The van der Waals surface area contributed by atoms with Crippen LogP contribution in [0.4, 0.5) is 0 Å². The van der Waals surface area contributed by atoms with Crippen LogP contribution in [-0.4, -0.2) is 28.6 Å². The van der Waals surface area contributed by atoms with Gasteiger partial charge in [-0.05, 0) is 62.7 Å². The summed E-state index contributed by atoms with van der Waals surface area (Å²) in [4.78, 5) is 23.8. The number of fused-ring (bicyclic) bond motifs is 5. The highest BCUT2D eigenvalue weighted by Gasteiger charge is 2.66. The lowest BCUT2D eigenvalue weighted by Gasteiger charge is -2.59. The number of rotatable bonds is 1. The summed E-state index contributed by atoms with van der Waals surface area (Å²) in [6, 6.07) is 0. The molecule has 138 valence electrons. The van der Waals surface area contributed by atoms with Gasteiger partial charge < -0.3 is 9.84 Å². The maximum absolute atomic E-state index is 12.5. The fourth-order valence-corrected chi connectivity index (χ4v) is 6.69. The van der Waals surface area contributed by atoms with Crippen molar-refractivity contribution in [2.45, 2.75) is 83.8 Å². The maximum atomic E-state index is 12.5. The Morgan fingerprint density at radius 3 is 2.68 bits per heavy atom. The largest absolute Gasteiger partial charge is 0.462 e. The lowest BCUT2D eigenvalue weighted by atomic mass is 9.46. The minimum atomic E-state index is -0.842. The molecule has 6 unspecified atom stereocenters. The standard InChI is InChI=1S/C21H30O4/c1-13(22)25-15-6-9-19(2)14(12-15)4-5-17-16(19)7-10-20(3)18(23)8-11-21(17,20)24/h4,15-17,24H,5-12H2,1-3H3. The molecule has 0 spiro atoms. The number of allylic oxidation sites excluding steroid dienone is 1. The molecule has 0 aromatic carbocycles. The van der Waals surface area contributed by atoms with E-state index in [9.17, 15) is 14.7 Å². The molecule has 0 aliphatic heterocycles. The second-order valence-electron chi connectivity index (χ2n) is 9.29. The lowest BCUT2D eigenvalue weighted by molar-refractivity contribution is -0.175. The van der Waals surface area contributed by atoms with E-state index in [1.165, 1.54) is 12.5 Å². The van der Waals surface area contributed by atoms with Crippen LogP contribution in [0, 0.1) is 22.7 Å². The Bertz CT molecular complexity index is 652. The van der Waals surface area contributed by atoms with Crippen LogP contribution in [0.5, 0.6) is 0 Å². The summed E-state index contributed by atoms with van der Waals surface area (Å²) in [6.07, 6.45) is 8.83. The highest BCUT2D eigenvalue weighted by molar-refractivity contribution is 5.88. The quantitative estimate of drug-likeness (QED) is 0.582. The van der Waals surface area contributed by atoms with Crippen LogP contribution >= 0.6 is 0 Å². The molecule has 0 amide bonds. The average molecular weight is 346 g/mol. The van der Waals surface area contributed by atoms with Gasteiger partial charge in [-0.3, -0.25) is 9.59 Å². The van der Waals surface area contributed by atoms with Crippen molar-refractivity contribution >= 4 is 11.8 Å². The molecule has 25 heavy (non-hydrogen) atoms. The van der Waals surface area contributed by atoms with Crippen molar-refractivity contribution in [1.82, 2.24) is 0 Å². The number of Topliss-reactive ketones (excluding diaryl/α,β-unsaturated/α-hetero) is 1. The first kappa shape index (κ1) is 17.3. The van der Waals surface area contributed by atoms with E-state index in [1.54, 1.807) is 0 Å². The Labute approximate surface area is 150 Å². The first-order valence-corrected chi connectivity index (χ1v) is 9.83. The van der Waals surface area contributed by atoms with Gasteiger partial charge in [-0.15, -0.1) is 0 Å². The molecular weight excluding hydrogens is 316 g/mol. The summed E-state index contributed by atoms with van der Waals surface area (Å²) in [5.74, 6) is 0.661. The van der Waals surface area contributed by atoms with Gasteiger partial charge in [0.1, 0.15) is 11.9 Å². The minimum absolute atomic E-state index is 0.00150. The van der Waals surface area contributed by atoms with Crippen LogP contribution in [0.15, 0.2) is 11.6 Å². The number of carbonyl (C=O) groups is 2. The number of aliphatic hydroxyl groups is 1. The number of ketones is 1. The molecule has 0 bridgehead atoms. The van der Waals surface area contributed by atoms with Gasteiger partial charge >= 0.3 is 5.97 Å². The van der Waals surface area contributed by atoms with Gasteiger partial charge in [0.15, 0.2) is 0 Å². The zero-order valence-electron chi connectivity index (χ0n) is 15.6. The van der Waals surface area contributed by atoms with Crippen molar-refractivity contribution in [2.75, 3.05) is 0 Å². The molecule has 1 N–H and O–H groups in total. The molecule has 3 fully saturated rings. The Kier molecular flexibility index (Phi) is 3.74. The number of ether oxygens (including phenoxy) is 1. The summed E-state index contributed by atoms with van der Waals surface area (Å²) >= 11 is 0. The van der Waals surface area contributed by atoms with E-state index in [1.807, 2.05) is 6.92 Å². The van der Waals surface area contributed by atoms with E-state index in [0.29, 0.717) is 18.8 Å². The van der Waals surface area contributed by atoms with Crippen LogP contribution in [0.25, 0.3) is 0 Å². The number of carbonyl (C=O) groups excluding carboxylic acids is 2. The van der Waals surface area contributed by atoms with Gasteiger partial charge in [0, 0.05) is 19.8 Å². The van der Waals surface area contributed by atoms with E-state index in [-0.39, 0.29) is 29.2 Å². The topological polar surface area (TPSA) is 63.6 Å². The zero-order chi connectivity index (χ0) is 18.0. The van der Waals surface area contributed by atoms with Gasteiger partial charge in [-0.25, -0.2) is 0 Å². The molecule has 6 atom stereocenters. The predicted molar refractivity (Wildman–Crippen MR) is 93.7 cm³/mol. The Balaban J connectivity index is 1.65. The van der Waals surface area contributed by atoms with Crippen molar-refractivity contribution in [3.05, 3.63) is 11.6 Å². The first-order valence-electron chi connectivity index (χ1n) is 9.83. The second kappa shape index (κ2) is 5.42. The zero-order valence-corrected chi connectivity index (χ0v) is 15.6. The number of esters is 1. The minimum Gasteiger partial charge on any atom is -0.462 e. The van der Waals surface area contributed by atoms with Gasteiger partial charge in [0.05, 0.1) is 11.0 Å². The van der Waals surface area contributed by atoms with E-state index in [2.05, 4.69) is 13.0 Å². The number of hydrogen-bond donors (Lipinski definition) is 1. The van der Waals surface area contributed by atoms with Crippen molar-refractivity contribution in [1.29, 1.82) is 0 Å². The van der Waals surface area contributed by atoms with Gasteiger partial charge in [-0.1, -0.05) is 18.6 Å². The fourth-order valence-electron chi connectivity index (χ4n) is 6.69. The first-order chi connectivity index (χ1) is 11.7. The normalized spacial score (nSPS) is 48.9. The molecule has 4 aliphatic carbocycles. The van der Waals surface area contributed by atoms with E-state index >= 15 is 0 Å². The Morgan fingerprint density at radius 1 is 1.20 bits per heavy atom. The smallest absolute Gasteiger partial charge is 0.302 e. The van der Waals surface area contributed by atoms with Crippen molar-refractivity contribution in [3.8, 4) is 0 Å². The molecule has 0 radical (unpaired) electrons. The van der Waals surface area contributed by atoms with Crippen LogP contribution < -0.4 is 0 Å². The second-order valence-corrected chi connectivity index (χ2v) is 9.29. The molecular formula is C21H30O4. The molecule has 0 aromatic rings. The molecule has 4 aliphatic rings. The van der Waals surface area contributed by atoms with Gasteiger partial charge in [-0.2, -0.15) is 0 Å². The van der Waals surface area contributed by atoms with E-state index in [0.717, 1.165) is 38.5 Å². The highest BCUT2D eigenvalue weighted by atomic mass is 16.5. The van der Waals surface area contributed by atoms with Crippen LogP contribution in [-0.2, 0) is 14.3 Å². The van der Waals surface area contributed by atoms with E-state index < -0.39 is 11.0 Å². The lowest BCUT2D eigenvalue weighted by Crippen LogP contribution is -2.60. The highest BCUT2D eigenvalue weighted by Crippen LogP contribution is 2.65. The third-order valence-corrected chi connectivity index (χ3v) is 8.29. The van der Waals surface area contributed by atoms with Crippen molar-refractivity contribution in [3.63, 3.8) is 0 Å². The molecule has 4 nitrogen and oxygen atoms in total. The van der Waals surface area contributed by atoms with Crippen LogP contribution in [0.3, 0.4) is 0 Å².